The summed E-state index contributed by atoms with van der Waals surface area (Å²) in [5.41, 5.74) is -0.0429. The molecule has 0 atom stereocenters. The Morgan fingerprint density at radius 2 is 1.61 bits per heavy atom. The predicted octanol–water partition coefficient (Wildman–Crippen LogP) is 1.68. The van der Waals surface area contributed by atoms with E-state index in [2.05, 4.69) is 10.6 Å². The van der Waals surface area contributed by atoms with Gasteiger partial charge in [-0.05, 0) is 31.5 Å². The van der Waals surface area contributed by atoms with Gasteiger partial charge in [0.25, 0.3) is 0 Å². The number of hydrogen-bond acceptors (Lipinski definition) is 5. The second-order valence-electron chi connectivity index (χ2n) is 5.56. The van der Waals surface area contributed by atoms with Gasteiger partial charge in [-0.2, -0.15) is 0 Å². The van der Waals surface area contributed by atoms with Crippen LogP contribution in [0.3, 0.4) is 0 Å². The molecule has 0 bridgehead atoms. The van der Waals surface area contributed by atoms with Crippen LogP contribution in [-0.2, 0) is 6.54 Å². The van der Waals surface area contributed by atoms with Gasteiger partial charge in [0.2, 0.25) is 5.75 Å². The molecule has 8 heteroatoms. The second-order valence-corrected chi connectivity index (χ2v) is 5.56. The summed E-state index contributed by atoms with van der Waals surface area (Å²) in [7, 11) is 4.58. The number of benzene rings is 1. The average Bonchev–Trinajstić information content (AvgIpc) is 2.49. The molecule has 2 N–H and O–H groups in total. The smallest absolute Gasteiger partial charge is 0.327 e. The molecule has 1 saturated heterocycles. The van der Waals surface area contributed by atoms with Crippen LogP contribution in [0, 0.1) is 0 Å². The summed E-state index contributed by atoms with van der Waals surface area (Å²) >= 11 is 0. The zero-order chi connectivity index (χ0) is 17.2. The number of urea groups is 2. The third-order valence-corrected chi connectivity index (χ3v) is 3.63. The molecule has 2 rings (SSSR count). The molecule has 1 heterocycles. The van der Waals surface area contributed by atoms with Crippen molar-refractivity contribution in [1.29, 1.82) is 0 Å². The summed E-state index contributed by atoms with van der Waals surface area (Å²) in [6.07, 6.45) is 0. The van der Waals surface area contributed by atoms with E-state index in [1.807, 2.05) is 0 Å². The number of ether oxygens (including phenoxy) is 3. The Morgan fingerprint density at radius 3 is 2.04 bits per heavy atom. The van der Waals surface area contributed by atoms with Crippen molar-refractivity contribution in [3.8, 4) is 17.2 Å². The normalized spacial score (nSPS) is 16.5. The monoisotopic (exact) mass is 323 g/mol. The first-order valence-electron chi connectivity index (χ1n) is 7.02. The molecule has 0 radical (unpaired) electrons. The van der Waals surface area contributed by atoms with E-state index in [4.69, 9.17) is 14.2 Å². The van der Waals surface area contributed by atoms with Gasteiger partial charge in [0.15, 0.2) is 11.5 Å². The lowest BCUT2D eigenvalue weighted by atomic mass is 10.1. The number of imide groups is 1. The van der Waals surface area contributed by atoms with Crippen LogP contribution in [0.1, 0.15) is 19.4 Å². The number of nitrogens with one attached hydrogen (secondary N) is 2. The minimum atomic E-state index is -0.820. The van der Waals surface area contributed by atoms with Crippen LogP contribution in [0.15, 0.2) is 12.1 Å². The van der Waals surface area contributed by atoms with E-state index in [-0.39, 0.29) is 6.54 Å². The van der Waals surface area contributed by atoms with Gasteiger partial charge in [-0.3, -0.25) is 10.2 Å². The van der Waals surface area contributed by atoms with Crippen LogP contribution in [0.2, 0.25) is 0 Å². The van der Waals surface area contributed by atoms with Gasteiger partial charge in [0.05, 0.1) is 21.3 Å². The number of carbonyl (C=O) groups is 2. The Balaban J connectivity index is 2.35. The van der Waals surface area contributed by atoms with E-state index in [9.17, 15) is 9.59 Å². The third-order valence-electron chi connectivity index (χ3n) is 3.63. The number of hydrogen-bond donors (Lipinski definition) is 2. The van der Waals surface area contributed by atoms with Crippen LogP contribution >= 0.6 is 0 Å². The summed E-state index contributed by atoms with van der Waals surface area (Å²) in [6.45, 7) is 3.76. The number of methoxy groups -OCH3 is 3. The fraction of sp³-hybridized carbons (Fsp3) is 0.467. The van der Waals surface area contributed by atoms with Crippen molar-refractivity contribution in [3.05, 3.63) is 17.7 Å². The molecule has 4 amide bonds. The quantitative estimate of drug-likeness (QED) is 0.860. The summed E-state index contributed by atoms with van der Waals surface area (Å²) in [5.74, 6) is 1.48. The minimum Gasteiger partial charge on any atom is -0.493 e. The maximum atomic E-state index is 12.1. The fourth-order valence-electron chi connectivity index (χ4n) is 2.47. The molecule has 0 aliphatic carbocycles. The van der Waals surface area contributed by atoms with Crippen molar-refractivity contribution < 1.29 is 23.8 Å². The molecular formula is C15H21N3O5. The van der Waals surface area contributed by atoms with Gasteiger partial charge in [-0.15, -0.1) is 0 Å². The first-order chi connectivity index (χ1) is 10.8. The Kier molecular flexibility index (Phi) is 4.53. The molecule has 1 fully saturated rings. The molecule has 23 heavy (non-hydrogen) atoms. The molecule has 0 unspecified atom stereocenters. The molecule has 0 spiro atoms. The fourth-order valence-corrected chi connectivity index (χ4v) is 2.47. The van der Waals surface area contributed by atoms with Gasteiger partial charge >= 0.3 is 12.1 Å². The first kappa shape index (κ1) is 16.7. The highest BCUT2D eigenvalue weighted by Crippen LogP contribution is 2.38. The Hall–Kier alpha value is -2.64. The highest BCUT2D eigenvalue weighted by molar-refractivity contribution is 5.96. The predicted molar refractivity (Wildman–Crippen MR) is 82.8 cm³/mol. The summed E-state index contributed by atoms with van der Waals surface area (Å²) in [5, 5.41) is 4.94. The maximum absolute atomic E-state index is 12.1. The summed E-state index contributed by atoms with van der Waals surface area (Å²) in [4.78, 5) is 25.1. The molecule has 1 aliphatic rings. The van der Waals surface area contributed by atoms with E-state index in [1.54, 1.807) is 26.0 Å². The third kappa shape index (κ3) is 3.25. The van der Waals surface area contributed by atoms with Crippen molar-refractivity contribution in [2.75, 3.05) is 21.3 Å². The van der Waals surface area contributed by atoms with E-state index < -0.39 is 17.7 Å². The Morgan fingerprint density at radius 1 is 1.04 bits per heavy atom. The molecule has 0 aromatic heterocycles. The summed E-state index contributed by atoms with van der Waals surface area (Å²) < 4.78 is 15.9. The minimum absolute atomic E-state index is 0.260. The molecule has 1 aromatic carbocycles. The zero-order valence-corrected chi connectivity index (χ0v) is 13.9. The van der Waals surface area contributed by atoms with Crippen molar-refractivity contribution in [3.63, 3.8) is 0 Å². The van der Waals surface area contributed by atoms with E-state index >= 15 is 0 Å². The van der Waals surface area contributed by atoms with Crippen molar-refractivity contribution in [1.82, 2.24) is 15.5 Å². The number of amides is 4. The highest BCUT2D eigenvalue weighted by Gasteiger charge is 2.38. The van der Waals surface area contributed by atoms with Crippen molar-refractivity contribution >= 4 is 12.1 Å². The second kappa shape index (κ2) is 6.23. The maximum Gasteiger partial charge on any atom is 0.327 e. The molecule has 1 aromatic rings. The van der Waals surface area contributed by atoms with Gasteiger partial charge in [0.1, 0.15) is 5.66 Å². The lowest BCUT2D eigenvalue weighted by Gasteiger charge is -2.42. The standard InChI is InChI=1S/C15H21N3O5/c1-15(2)17-13(19)16-14(20)18(15)8-9-6-10(21-3)12(23-5)11(7-9)22-4/h6-7H,8H2,1-5H3,(H2,16,17,19,20). The number of carbonyl (C=O) groups excluding carboxylic acids is 2. The molecular weight excluding hydrogens is 302 g/mol. The van der Waals surface area contributed by atoms with Crippen LogP contribution in [0.5, 0.6) is 17.2 Å². The van der Waals surface area contributed by atoms with Gasteiger partial charge in [-0.25, -0.2) is 9.59 Å². The van der Waals surface area contributed by atoms with Gasteiger partial charge in [-0.1, -0.05) is 0 Å². The lowest BCUT2D eigenvalue weighted by Crippen LogP contribution is -2.68. The molecule has 126 valence electrons. The van der Waals surface area contributed by atoms with Crippen LogP contribution < -0.4 is 24.8 Å². The number of rotatable bonds is 5. The largest absolute Gasteiger partial charge is 0.493 e. The van der Waals surface area contributed by atoms with Crippen molar-refractivity contribution in [2.45, 2.75) is 26.1 Å². The lowest BCUT2D eigenvalue weighted by molar-refractivity contribution is 0.0945. The van der Waals surface area contributed by atoms with Gasteiger partial charge in [0, 0.05) is 6.54 Å². The Labute approximate surface area is 134 Å². The average molecular weight is 323 g/mol. The zero-order valence-electron chi connectivity index (χ0n) is 13.9. The molecule has 8 nitrogen and oxygen atoms in total. The van der Waals surface area contributed by atoms with Crippen LogP contribution in [-0.4, -0.2) is 44.0 Å². The Bertz CT molecular complexity index is 605. The van der Waals surface area contributed by atoms with E-state index in [0.717, 1.165) is 5.56 Å². The van der Waals surface area contributed by atoms with E-state index in [1.165, 1.54) is 26.2 Å². The number of nitrogens with zero attached hydrogens (tertiary/aromatic N) is 1. The highest BCUT2D eigenvalue weighted by atomic mass is 16.5. The SMILES string of the molecule is COc1cc(CN2C(=O)NC(=O)NC2(C)C)cc(OC)c1OC. The molecule has 0 saturated carbocycles. The molecule has 1 aliphatic heterocycles. The van der Waals surface area contributed by atoms with E-state index in [0.29, 0.717) is 17.2 Å². The van der Waals surface area contributed by atoms with Crippen LogP contribution in [0.25, 0.3) is 0 Å². The summed E-state index contributed by atoms with van der Waals surface area (Å²) in [6, 6.07) is 2.55. The topological polar surface area (TPSA) is 89.1 Å². The van der Waals surface area contributed by atoms with Crippen LogP contribution in [0.4, 0.5) is 9.59 Å². The van der Waals surface area contributed by atoms with Crippen molar-refractivity contribution in [2.24, 2.45) is 0 Å². The van der Waals surface area contributed by atoms with Gasteiger partial charge < -0.3 is 19.5 Å². The first-order valence-corrected chi connectivity index (χ1v) is 7.02.